The fraction of sp³-hybridized carbons (Fsp3) is 0.300. The molecule has 1 atom stereocenters. The van der Waals surface area contributed by atoms with Crippen molar-refractivity contribution >= 4 is 21.4 Å². The Morgan fingerprint density at radius 1 is 1.47 bits per heavy atom. The number of pyridine rings is 1. The molecule has 2 aromatic rings. The minimum atomic E-state index is -0.890. The SMILES string of the molecule is O=c1c2ccsc2ccn1CC(O)CO. The van der Waals surface area contributed by atoms with Gasteiger partial charge in [-0.3, -0.25) is 4.79 Å². The monoisotopic (exact) mass is 225 g/mol. The molecule has 2 heterocycles. The van der Waals surface area contributed by atoms with Crippen molar-refractivity contribution < 1.29 is 10.2 Å². The zero-order valence-electron chi connectivity index (χ0n) is 7.96. The predicted octanol–water partition coefficient (Wildman–Crippen LogP) is 0.416. The first-order chi connectivity index (χ1) is 7.22. The van der Waals surface area contributed by atoms with Gasteiger partial charge in [0.1, 0.15) is 0 Å². The second kappa shape index (κ2) is 4.14. The second-order valence-electron chi connectivity index (χ2n) is 3.31. The van der Waals surface area contributed by atoms with E-state index in [4.69, 9.17) is 5.11 Å². The molecule has 0 spiro atoms. The summed E-state index contributed by atoms with van der Waals surface area (Å²) in [7, 11) is 0. The molecule has 2 aromatic heterocycles. The van der Waals surface area contributed by atoms with E-state index >= 15 is 0 Å². The number of aromatic nitrogens is 1. The molecule has 0 aliphatic rings. The first kappa shape index (κ1) is 10.4. The van der Waals surface area contributed by atoms with Crippen molar-refractivity contribution in [2.24, 2.45) is 0 Å². The van der Waals surface area contributed by atoms with Gasteiger partial charge in [0, 0.05) is 10.9 Å². The van der Waals surface area contributed by atoms with Crippen molar-refractivity contribution in [3.63, 3.8) is 0 Å². The summed E-state index contributed by atoms with van der Waals surface area (Å²) in [5.41, 5.74) is -0.124. The van der Waals surface area contributed by atoms with Gasteiger partial charge in [-0.2, -0.15) is 0 Å². The number of hydrogen-bond donors (Lipinski definition) is 2. The van der Waals surface area contributed by atoms with Crippen molar-refractivity contribution in [3.05, 3.63) is 34.1 Å². The molecule has 5 heteroatoms. The van der Waals surface area contributed by atoms with Gasteiger partial charge in [-0.15, -0.1) is 11.3 Å². The number of aliphatic hydroxyl groups is 2. The molecule has 0 aliphatic heterocycles. The van der Waals surface area contributed by atoms with E-state index in [2.05, 4.69) is 0 Å². The van der Waals surface area contributed by atoms with Crippen LogP contribution in [0.3, 0.4) is 0 Å². The highest BCUT2D eigenvalue weighted by atomic mass is 32.1. The van der Waals surface area contributed by atoms with Crippen LogP contribution in [0.15, 0.2) is 28.5 Å². The zero-order valence-corrected chi connectivity index (χ0v) is 8.78. The summed E-state index contributed by atoms with van der Waals surface area (Å²) in [6, 6.07) is 3.61. The Morgan fingerprint density at radius 3 is 3.00 bits per heavy atom. The van der Waals surface area contributed by atoms with E-state index in [0.29, 0.717) is 5.39 Å². The van der Waals surface area contributed by atoms with E-state index in [1.807, 2.05) is 11.4 Å². The van der Waals surface area contributed by atoms with Crippen LogP contribution >= 0.6 is 11.3 Å². The van der Waals surface area contributed by atoms with Crippen LogP contribution in [0.2, 0.25) is 0 Å². The molecular formula is C10H11NO3S. The van der Waals surface area contributed by atoms with Gasteiger partial charge in [-0.1, -0.05) is 0 Å². The van der Waals surface area contributed by atoms with Crippen LogP contribution < -0.4 is 5.56 Å². The summed E-state index contributed by atoms with van der Waals surface area (Å²) in [4.78, 5) is 11.8. The van der Waals surface area contributed by atoms with Gasteiger partial charge in [0.15, 0.2) is 0 Å². The molecule has 0 aliphatic carbocycles. The average Bonchev–Trinajstić information content (AvgIpc) is 2.70. The van der Waals surface area contributed by atoms with E-state index < -0.39 is 6.10 Å². The molecule has 0 saturated heterocycles. The van der Waals surface area contributed by atoms with E-state index in [-0.39, 0.29) is 18.7 Å². The van der Waals surface area contributed by atoms with Crippen LogP contribution in [0.25, 0.3) is 10.1 Å². The summed E-state index contributed by atoms with van der Waals surface area (Å²) in [5.74, 6) is 0. The van der Waals surface area contributed by atoms with E-state index in [9.17, 15) is 9.90 Å². The average molecular weight is 225 g/mol. The molecule has 2 rings (SSSR count). The van der Waals surface area contributed by atoms with Crippen molar-refractivity contribution in [1.29, 1.82) is 0 Å². The van der Waals surface area contributed by atoms with Crippen LogP contribution in [0.4, 0.5) is 0 Å². The molecule has 0 radical (unpaired) electrons. The molecule has 4 nitrogen and oxygen atoms in total. The quantitative estimate of drug-likeness (QED) is 0.795. The van der Waals surface area contributed by atoms with E-state index in [1.165, 1.54) is 15.9 Å². The fourth-order valence-electron chi connectivity index (χ4n) is 1.44. The molecule has 80 valence electrons. The lowest BCUT2D eigenvalue weighted by atomic mass is 10.3. The smallest absolute Gasteiger partial charge is 0.259 e. The lowest BCUT2D eigenvalue weighted by Gasteiger charge is -2.09. The van der Waals surface area contributed by atoms with Crippen molar-refractivity contribution in [1.82, 2.24) is 4.57 Å². The van der Waals surface area contributed by atoms with E-state index in [0.717, 1.165) is 4.70 Å². The summed E-state index contributed by atoms with van der Waals surface area (Å²) in [6.45, 7) is -0.213. The van der Waals surface area contributed by atoms with Crippen LogP contribution in [-0.4, -0.2) is 27.5 Å². The topological polar surface area (TPSA) is 62.5 Å². The maximum absolute atomic E-state index is 11.8. The highest BCUT2D eigenvalue weighted by Gasteiger charge is 2.07. The number of thiophene rings is 1. The molecule has 0 fully saturated rings. The van der Waals surface area contributed by atoms with Gasteiger partial charge in [-0.05, 0) is 17.5 Å². The summed E-state index contributed by atoms with van der Waals surface area (Å²) < 4.78 is 2.35. The van der Waals surface area contributed by atoms with Crippen molar-refractivity contribution in [2.75, 3.05) is 6.61 Å². The Bertz CT molecular complexity index is 517. The first-order valence-corrected chi connectivity index (χ1v) is 5.46. The summed E-state index contributed by atoms with van der Waals surface area (Å²) in [5, 5.41) is 20.5. The minimum Gasteiger partial charge on any atom is -0.394 e. The van der Waals surface area contributed by atoms with Gasteiger partial charge >= 0.3 is 0 Å². The van der Waals surface area contributed by atoms with Gasteiger partial charge in [0.25, 0.3) is 5.56 Å². The molecular weight excluding hydrogens is 214 g/mol. The lowest BCUT2D eigenvalue weighted by molar-refractivity contribution is 0.0805. The normalized spacial score (nSPS) is 13.2. The maximum atomic E-state index is 11.8. The molecule has 0 aromatic carbocycles. The Hall–Kier alpha value is -1.17. The summed E-state index contributed by atoms with van der Waals surface area (Å²) in [6.07, 6.45) is 0.749. The number of rotatable bonds is 3. The minimum absolute atomic E-state index is 0.124. The van der Waals surface area contributed by atoms with Crippen LogP contribution in [0.1, 0.15) is 0 Å². The van der Waals surface area contributed by atoms with Crippen LogP contribution in [-0.2, 0) is 6.54 Å². The Labute approximate surface area is 90.0 Å². The highest BCUT2D eigenvalue weighted by Crippen LogP contribution is 2.16. The lowest BCUT2D eigenvalue weighted by Crippen LogP contribution is -2.27. The van der Waals surface area contributed by atoms with Gasteiger partial charge in [0.2, 0.25) is 0 Å². The summed E-state index contributed by atoms with van der Waals surface area (Å²) >= 11 is 1.51. The van der Waals surface area contributed by atoms with Crippen molar-refractivity contribution in [2.45, 2.75) is 12.6 Å². The maximum Gasteiger partial charge on any atom is 0.259 e. The highest BCUT2D eigenvalue weighted by molar-refractivity contribution is 7.17. The number of nitrogens with zero attached hydrogens (tertiary/aromatic N) is 1. The fourth-order valence-corrected chi connectivity index (χ4v) is 2.21. The molecule has 1 unspecified atom stereocenters. The number of hydrogen-bond acceptors (Lipinski definition) is 4. The molecule has 0 bridgehead atoms. The third-order valence-electron chi connectivity index (χ3n) is 2.21. The third kappa shape index (κ3) is 1.94. The Balaban J connectivity index is 2.44. The van der Waals surface area contributed by atoms with Crippen molar-refractivity contribution in [3.8, 4) is 0 Å². The van der Waals surface area contributed by atoms with Gasteiger partial charge < -0.3 is 14.8 Å². The zero-order chi connectivity index (χ0) is 10.8. The largest absolute Gasteiger partial charge is 0.394 e. The molecule has 15 heavy (non-hydrogen) atoms. The number of aliphatic hydroxyl groups excluding tert-OH is 2. The molecule has 0 amide bonds. The Morgan fingerprint density at radius 2 is 2.27 bits per heavy atom. The van der Waals surface area contributed by atoms with E-state index in [1.54, 1.807) is 12.3 Å². The predicted molar refractivity (Wildman–Crippen MR) is 59.2 cm³/mol. The molecule has 2 N–H and O–H groups in total. The van der Waals surface area contributed by atoms with Crippen LogP contribution in [0, 0.1) is 0 Å². The number of fused-ring (bicyclic) bond motifs is 1. The van der Waals surface area contributed by atoms with Gasteiger partial charge in [-0.25, -0.2) is 0 Å². The van der Waals surface area contributed by atoms with Crippen LogP contribution in [0.5, 0.6) is 0 Å². The second-order valence-corrected chi connectivity index (χ2v) is 4.26. The first-order valence-electron chi connectivity index (χ1n) is 4.58. The third-order valence-corrected chi connectivity index (χ3v) is 3.09. The molecule has 0 saturated carbocycles. The van der Waals surface area contributed by atoms with Gasteiger partial charge in [0.05, 0.1) is 24.6 Å². The Kier molecular flexibility index (Phi) is 2.86. The standard InChI is InChI=1S/C10H11NO3S/c12-6-7(13)5-11-3-1-9-8(10(11)14)2-4-15-9/h1-4,7,12-13H,5-6H2.